The molecule has 0 aliphatic carbocycles. The van der Waals surface area contributed by atoms with Gasteiger partial charge >= 0.3 is 0 Å². The second-order valence-electron chi connectivity index (χ2n) is 5.35. The predicted octanol–water partition coefficient (Wildman–Crippen LogP) is 0.656. The molecule has 0 fully saturated rings. The maximum atomic E-state index is 14.4. The molecular weight excluding hydrogens is 313 g/mol. The highest BCUT2D eigenvalue weighted by Crippen LogP contribution is 2.24. The second-order valence-corrected chi connectivity index (χ2v) is 5.35. The summed E-state index contributed by atoms with van der Waals surface area (Å²) in [5.41, 5.74) is 1.03. The molecule has 7 nitrogen and oxygen atoms in total. The van der Waals surface area contributed by atoms with Crippen LogP contribution in [0.5, 0.6) is 0 Å². The van der Waals surface area contributed by atoms with E-state index in [2.05, 4.69) is 10.6 Å². The summed E-state index contributed by atoms with van der Waals surface area (Å²) in [7, 11) is 5.38. The number of halogens is 1. The van der Waals surface area contributed by atoms with Crippen LogP contribution in [0.2, 0.25) is 0 Å². The standard InChI is InChI=1S/C16H26FN5O2/c1-19-6-7-22(11-18)16-5-4-13(8-15(16)17)21(3)10-14(9-20-2)24-12-23/h4-5,8,11-12,14,18-20H,6-7,9-10H2,1-3H3. The first kappa shape index (κ1) is 19.9. The van der Waals surface area contributed by atoms with Crippen molar-refractivity contribution in [2.75, 3.05) is 57.1 Å². The summed E-state index contributed by atoms with van der Waals surface area (Å²) in [4.78, 5) is 13.9. The maximum absolute atomic E-state index is 14.4. The minimum absolute atomic E-state index is 0.325. The van der Waals surface area contributed by atoms with Gasteiger partial charge in [-0.1, -0.05) is 0 Å². The lowest BCUT2D eigenvalue weighted by atomic mass is 10.2. The molecule has 0 aliphatic rings. The maximum Gasteiger partial charge on any atom is 0.293 e. The van der Waals surface area contributed by atoms with E-state index in [1.807, 2.05) is 4.90 Å². The summed E-state index contributed by atoms with van der Waals surface area (Å²) < 4.78 is 19.4. The van der Waals surface area contributed by atoms with Gasteiger partial charge in [-0.25, -0.2) is 4.39 Å². The van der Waals surface area contributed by atoms with Gasteiger partial charge in [0, 0.05) is 32.4 Å². The van der Waals surface area contributed by atoms with Gasteiger partial charge in [0.2, 0.25) is 0 Å². The zero-order valence-electron chi connectivity index (χ0n) is 14.4. The van der Waals surface area contributed by atoms with Crippen molar-refractivity contribution in [3.8, 4) is 0 Å². The van der Waals surface area contributed by atoms with Gasteiger partial charge in [0.15, 0.2) is 0 Å². The molecule has 1 unspecified atom stereocenters. The van der Waals surface area contributed by atoms with Crippen LogP contribution in [0.15, 0.2) is 18.2 Å². The fourth-order valence-electron chi connectivity index (χ4n) is 2.33. The Hall–Kier alpha value is -2.19. The molecule has 0 saturated carbocycles. The average Bonchev–Trinajstić information content (AvgIpc) is 2.57. The summed E-state index contributed by atoms with van der Waals surface area (Å²) in [6, 6.07) is 4.85. The Morgan fingerprint density at radius 1 is 1.38 bits per heavy atom. The number of likely N-dealkylation sites (N-methyl/N-ethyl adjacent to an activating group) is 3. The highest BCUT2D eigenvalue weighted by Gasteiger charge is 2.15. The van der Waals surface area contributed by atoms with Crippen molar-refractivity contribution in [3.63, 3.8) is 0 Å². The molecular formula is C16H26FN5O2. The number of rotatable bonds is 12. The van der Waals surface area contributed by atoms with Crippen LogP contribution in [-0.2, 0) is 9.53 Å². The van der Waals surface area contributed by atoms with Crippen LogP contribution in [0.25, 0.3) is 0 Å². The molecule has 8 heteroatoms. The second kappa shape index (κ2) is 10.6. The molecule has 134 valence electrons. The van der Waals surface area contributed by atoms with E-state index >= 15 is 0 Å². The summed E-state index contributed by atoms with van der Waals surface area (Å²) in [6.45, 7) is 2.51. The predicted molar refractivity (Wildman–Crippen MR) is 94.6 cm³/mol. The van der Waals surface area contributed by atoms with Gasteiger partial charge in [-0.05, 0) is 32.3 Å². The van der Waals surface area contributed by atoms with Crippen LogP contribution >= 0.6 is 0 Å². The molecule has 1 atom stereocenters. The molecule has 0 saturated heterocycles. The Labute approximate surface area is 142 Å². The van der Waals surface area contributed by atoms with E-state index in [-0.39, 0.29) is 6.10 Å². The zero-order valence-corrected chi connectivity index (χ0v) is 14.4. The summed E-state index contributed by atoms with van der Waals surface area (Å²) in [6.07, 6.45) is 0.786. The third kappa shape index (κ3) is 5.78. The van der Waals surface area contributed by atoms with Crippen molar-refractivity contribution in [1.29, 1.82) is 5.41 Å². The SMILES string of the molecule is CNCCN(C=N)c1ccc(N(C)CC(CNC)OC=O)cc1F. The van der Waals surface area contributed by atoms with Crippen molar-refractivity contribution < 1.29 is 13.9 Å². The lowest BCUT2D eigenvalue weighted by Crippen LogP contribution is -2.37. The normalized spacial score (nSPS) is 11.7. The molecule has 0 aromatic heterocycles. The van der Waals surface area contributed by atoms with Crippen LogP contribution in [0.3, 0.4) is 0 Å². The first-order valence-electron chi connectivity index (χ1n) is 7.73. The van der Waals surface area contributed by atoms with Crippen LogP contribution in [0.4, 0.5) is 15.8 Å². The van der Waals surface area contributed by atoms with Crippen LogP contribution in [0.1, 0.15) is 0 Å². The van der Waals surface area contributed by atoms with Crippen LogP contribution in [0, 0.1) is 11.2 Å². The van der Waals surface area contributed by atoms with Gasteiger partial charge in [-0.3, -0.25) is 10.2 Å². The molecule has 1 aromatic rings. The number of nitrogens with zero attached hydrogens (tertiary/aromatic N) is 2. The number of ether oxygens (including phenoxy) is 1. The van der Waals surface area contributed by atoms with Gasteiger partial charge in [0.25, 0.3) is 6.47 Å². The van der Waals surface area contributed by atoms with Crippen LogP contribution < -0.4 is 20.4 Å². The summed E-state index contributed by atoms with van der Waals surface area (Å²) in [5.74, 6) is -0.402. The number of hydrogen-bond donors (Lipinski definition) is 3. The van der Waals surface area contributed by atoms with Crippen molar-refractivity contribution in [2.45, 2.75) is 6.10 Å². The van der Waals surface area contributed by atoms with E-state index in [9.17, 15) is 9.18 Å². The van der Waals surface area contributed by atoms with Gasteiger partial charge in [0.05, 0.1) is 18.6 Å². The van der Waals surface area contributed by atoms with E-state index in [0.717, 1.165) is 6.34 Å². The number of hydrogen-bond acceptors (Lipinski definition) is 6. The highest BCUT2D eigenvalue weighted by molar-refractivity contribution is 5.78. The third-order valence-electron chi connectivity index (χ3n) is 3.60. The Morgan fingerprint density at radius 2 is 2.12 bits per heavy atom. The van der Waals surface area contributed by atoms with Crippen molar-refractivity contribution in [3.05, 3.63) is 24.0 Å². The number of anilines is 2. The molecule has 1 rings (SSSR count). The van der Waals surface area contributed by atoms with E-state index in [0.29, 0.717) is 44.0 Å². The number of carbonyl (C=O) groups excluding carboxylic acids is 1. The van der Waals surface area contributed by atoms with E-state index in [1.165, 1.54) is 11.0 Å². The molecule has 0 aliphatic heterocycles. The topological polar surface area (TPSA) is 80.7 Å². The number of carbonyl (C=O) groups is 1. The molecule has 3 N–H and O–H groups in total. The van der Waals surface area contributed by atoms with Crippen molar-refractivity contribution >= 4 is 24.2 Å². The quantitative estimate of drug-likeness (QED) is 0.295. The van der Waals surface area contributed by atoms with E-state index in [4.69, 9.17) is 10.1 Å². The third-order valence-corrected chi connectivity index (χ3v) is 3.60. The van der Waals surface area contributed by atoms with Crippen LogP contribution in [-0.4, -0.2) is 66.2 Å². The Balaban J connectivity index is 2.84. The first-order chi connectivity index (χ1) is 11.6. The molecule has 0 heterocycles. The fourth-order valence-corrected chi connectivity index (χ4v) is 2.33. The van der Waals surface area contributed by atoms with E-state index in [1.54, 1.807) is 33.3 Å². The van der Waals surface area contributed by atoms with Gasteiger partial charge in [-0.2, -0.15) is 0 Å². The molecule has 0 amide bonds. The first-order valence-corrected chi connectivity index (χ1v) is 7.73. The Morgan fingerprint density at radius 3 is 2.67 bits per heavy atom. The molecule has 24 heavy (non-hydrogen) atoms. The zero-order chi connectivity index (χ0) is 17.9. The Kier molecular flexibility index (Phi) is 8.74. The lowest BCUT2D eigenvalue weighted by Gasteiger charge is -2.26. The fraction of sp³-hybridized carbons (Fsp3) is 0.500. The van der Waals surface area contributed by atoms with Gasteiger partial charge in [0.1, 0.15) is 11.9 Å². The average molecular weight is 339 g/mol. The van der Waals surface area contributed by atoms with Gasteiger partial charge in [-0.15, -0.1) is 0 Å². The highest BCUT2D eigenvalue weighted by atomic mass is 19.1. The smallest absolute Gasteiger partial charge is 0.293 e. The monoisotopic (exact) mass is 339 g/mol. The van der Waals surface area contributed by atoms with Gasteiger partial charge < -0.3 is 25.2 Å². The molecule has 0 radical (unpaired) electrons. The lowest BCUT2D eigenvalue weighted by molar-refractivity contribution is -0.132. The van der Waals surface area contributed by atoms with E-state index < -0.39 is 5.82 Å². The number of nitrogens with one attached hydrogen (secondary N) is 3. The summed E-state index contributed by atoms with van der Waals surface area (Å²) >= 11 is 0. The summed E-state index contributed by atoms with van der Waals surface area (Å²) in [5, 5.41) is 13.4. The largest absolute Gasteiger partial charge is 0.461 e. The Bertz CT molecular complexity index is 529. The minimum Gasteiger partial charge on any atom is -0.461 e. The molecule has 1 aromatic carbocycles. The molecule has 0 bridgehead atoms. The number of benzene rings is 1. The van der Waals surface area contributed by atoms with Crippen molar-refractivity contribution in [1.82, 2.24) is 10.6 Å². The molecule has 0 spiro atoms. The minimum atomic E-state index is -0.402. The van der Waals surface area contributed by atoms with Crippen molar-refractivity contribution in [2.24, 2.45) is 0 Å².